The number of hydrogen-bond acceptors (Lipinski definition) is 7. The summed E-state index contributed by atoms with van der Waals surface area (Å²) in [5.74, 6) is -0.844. The van der Waals surface area contributed by atoms with E-state index in [1.165, 1.54) is 109 Å². The first-order valence-corrected chi connectivity index (χ1v) is 35.7. The standard InChI is InChI=1S/C76H126NO8P/c1-6-8-10-12-14-16-18-20-22-24-26-28-30-32-33-34-35-36-37-38-39-40-41-42-43-45-47-49-51-53-55-57-59-61-63-65-67-69-76(79)85-74(73-84-86(80,81)83-71-70-77(3,4)5)72-82-75(78)68-66-64-62-60-58-56-54-52-50-48-46-44-31-29-27-25-23-21-19-17-15-13-11-9-7-2/h8,10,14,16,19-22,25-28,32-33,35-36,38-39,41-42,45,47,51,53,57,59,74H,6-7,9,11-13,15,17-18,23-24,29-31,34,37,40,43-44,46,48-50,52,54-56,58,60-73H2,1-5H3/p+1/b10-8-,16-14-,21-19-,22-20-,27-25-,28-26-,33-32-,36-35-,39-38-,42-41-,47-45-,53-51-,59-57-. The maximum absolute atomic E-state index is 12.9. The van der Waals surface area contributed by atoms with Crippen LogP contribution in [0.2, 0.25) is 0 Å². The van der Waals surface area contributed by atoms with Gasteiger partial charge in [0.15, 0.2) is 6.10 Å². The Kier molecular flexibility index (Phi) is 61.8. The van der Waals surface area contributed by atoms with Crippen molar-refractivity contribution in [3.63, 3.8) is 0 Å². The summed E-state index contributed by atoms with van der Waals surface area (Å²) >= 11 is 0. The van der Waals surface area contributed by atoms with Gasteiger partial charge < -0.3 is 18.9 Å². The van der Waals surface area contributed by atoms with Crippen molar-refractivity contribution in [2.75, 3.05) is 47.5 Å². The van der Waals surface area contributed by atoms with Crippen molar-refractivity contribution in [2.24, 2.45) is 0 Å². The Balaban J connectivity index is 4.21. The van der Waals surface area contributed by atoms with E-state index in [0.29, 0.717) is 17.4 Å². The molecule has 0 aromatic rings. The van der Waals surface area contributed by atoms with Crippen LogP contribution >= 0.6 is 7.82 Å². The first-order valence-electron chi connectivity index (χ1n) is 34.2. The quantitative estimate of drug-likeness (QED) is 0.0211. The van der Waals surface area contributed by atoms with Crippen LogP contribution in [0.25, 0.3) is 0 Å². The average Bonchev–Trinajstić information content (AvgIpc) is 3.67. The molecule has 0 aliphatic heterocycles. The van der Waals surface area contributed by atoms with Gasteiger partial charge >= 0.3 is 19.8 Å². The molecule has 0 saturated carbocycles. The lowest BCUT2D eigenvalue weighted by Crippen LogP contribution is -2.37. The molecule has 86 heavy (non-hydrogen) atoms. The molecule has 0 rings (SSSR count). The van der Waals surface area contributed by atoms with E-state index in [0.717, 1.165) is 116 Å². The highest BCUT2D eigenvalue weighted by molar-refractivity contribution is 7.47. The molecule has 0 spiro atoms. The number of nitrogens with zero attached hydrogens (tertiary/aromatic N) is 1. The summed E-state index contributed by atoms with van der Waals surface area (Å²) in [6.07, 6.45) is 97.6. The monoisotopic (exact) mass is 1210 g/mol. The number of esters is 2. The van der Waals surface area contributed by atoms with Gasteiger partial charge in [-0.25, -0.2) is 4.57 Å². The Morgan fingerprint density at radius 2 is 0.663 bits per heavy atom. The fourth-order valence-corrected chi connectivity index (χ4v) is 9.56. The topological polar surface area (TPSA) is 108 Å². The SMILES string of the molecule is CC/C=C\C/C=C\C/C=C\C/C=C\C/C=C\C/C=C\C/C=C\C/C=C\C/C=C\C/C=C\C/C=C\CCCCCC(=O)OC(COC(=O)CCCCCCCCCCCCCCC/C=C\C/C=C\CCCCCCC)COP(=O)(O)OCC[N+](C)(C)C. The summed E-state index contributed by atoms with van der Waals surface area (Å²) < 4.78 is 34.6. The van der Waals surface area contributed by atoms with Gasteiger partial charge in [-0.2, -0.15) is 0 Å². The number of hydrogen-bond donors (Lipinski definition) is 1. The van der Waals surface area contributed by atoms with E-state index in [4.69, 9.17) is 18.5 Å². The number of ether oxygens (including phenoxy) is 2. The highest BCUT2D eigenvalue weighted by Crippen LogP contribution is 2.43. The number of allylic oxidation sites excluding steroid dienone is 26. The number of unbranched alkanes of at least 4 members (excludes halogenated alkanes) is 21. The predicted octanol–water partition coefficient (Wildman–Crippen LogP) is 22.4. The number of likely N-dealkylation sites (N-methyl/N-ethyl adjacent to an activating group) is 1. The van der Waals surface area contributed by atoms with Gasteiger partial charge in [0.1, 0.15) is 19.8 Å². The largest absolute Gasteiger partial charge is 0.472 e. The summed E-state index contributed by atoms with van der Waals surface area (Å²) in [6, 6.07) is 0. The Hall–Kier alpha value is -4.37. The number of carbonyl (C=O) groups excluding carboxylic acids is 2. The molecular weight excluding hydrogens is 1090 g/mol. The lowest BCUT2D eigenvalue weighted by Gasteiger charge is -2.24. The zero-order chi connectivity index (χ0) is 62.6. The second-order valence-electron chi connectivity index (χ2n) is 23.5. The van der Waals surface area contributed by atoms with Crippen molar-refractivity contribution in [3.05, 3.63) is 158 Å². The van der Waals surface area contributed by atoms with Crippen molar-refractivity contribution < 1.29 is 42.1 Å². The van der Waals surface area contributed by atoms with Crippen LogP contribution in [0.3, 0.4) is 0 Å². The molecule has 0 aromatic carbocycles. The third-order valence-corrected chi connectivity index (χ3v) is 15.0. The Morgan fingerprint density at radius 3 is 1.00 bits per heavy atom. The lowest BCUT2D eigenvalue weighted by molar-refractivity contribution is -0.870. The van der Waals surface area contributed by atoms with Crippen LogP contribution in [0.4, 0.5) is 0 Å². The lowest BCUT2D eigenvalue weighted by atomic mass is 10.0. The van der Waals surface area contributed by atoms with Crippen molar-refractivity contribution in [2.45, 2.75) is 264 Å². The molecule has 0 aliphatic rings. The van der Waals surface area contributed by atoms with Crippen LogP contribution in [0.15, 0.2) is 158 Å². The fraction of sp³-hybridized carbons (Fsp3) is 0.632. The predicted molar refractivity (Wildman–Crippen MR) is 371 cm³/mol. The smallest absolute Gasteiger partial charge is 0.462 e. The number of quaternary nitrogens is 1. The second-order valence-corrected chi connectivity index (χ2v) is 24.9. The molecule has 0 heterocycles. The van der Waals surface area contributed by atoms with Crippen LogP contribution in [0.5, 0.6) is 0 Å². The van der Waals surface area contributed by atoms with E-state index in [1.807, 2.05) is 21.1 Å². The summed E-state index contributed by atoms with van der Waals surface area (Å²) in [6.45, 7) is 4.26. The molecule has 488 valence electrons. The van der Waals surface area contributed by atoms with Gasteiger partial charge in [-0.1, -0.05) is 275 Å². The molecule has 0 aromatic heterocycles. The molecule has 0 bridgehead atoms. The zero-order valence-corrected chi connectivity index (χ0v) is 56.4. The van der Waals surface area contributed by atoms with Crippen LogP contribution in [0, 0.1) is 0 Å². The highest BCUT2D eigenvalue weighted by atomic mass is 31.2. The summed E-state index contributed by atoms with van der Waals surface area (Å²) in [4.78, 5) is 35.8. The summed E-state index contributed by atoms with van der Waals surface area (Å²) in [5.41, 5.74) is 0. The van der Waals surface area contributed by atoms with Crippen LogP contribution in [-0.4, -0.2) is 74.9 Å². The molecule has 2 atom stereocenters. The maximum Gasteiger partial charge on any atom is 0.472 e. The molecule has 0 fully saturated rings. The molecule has 0 saturated heterocycles. The summed E-state index contributed by atoms with van der Waals surface area (Å²) in [5, 5.41) is 0. The molecule has 10 heteroatoms. The highest BCUT2D eigenvalue weighted by Gasteiger charge is 2.27. The van der Waals surface area contributed by atoms with Gasteiger partial charge in [-0.3, -0.25) is 18.6 Å². The van der Waals surface area contributed by atoms with Gasteiger partial charge in [0, 0.05) is 12.8 Å². The van der Waals surface area contributed by atoms with Crippen molar-refractivity contribution in [1.82, 2.24) is 0 Å². The molecule has 9 nitrogen and oxygen atoms in total. The second kappa shape index (κ2) is 65.1. The first kappa shape index (κ1) is 81.6. The van der Waals surface area contributed by atoms with Gasteiger partial charge in [0.05, 0.1) is 27.7 Å². The van der Waals surface area contributed by atoms with Crippen LogP contribution in [0.1, 0.15) is 258 Å². The third-order valence-electron chi connectivity index (χ3n) is 14.0. The van der Waals surface area contributed by atoms with E-state index < -0.39 is 26.5 Å². The molecule has 0 amide bonds. The third kappa shape index (κ3) is 68.7. The van der Waals surface area contributed by atoms with Gasteiger partial charge in [0.25, 0.3) is 0 Å². The first-order chi connectivity index (χ1) is 42.0. The zero-order valence-electron chi connectivity index (χ0n) is 55.5. The van der Waals surface area contributed by atoms with E-state index in [2.05, 4.69) is 172 Å². The molecule has 1 N–H and O–H groups in total. The average molecular weight is 1210 g/mol. The van der Waals surface area contributed by atoms with E-state index >= 15 is 0 Å². The number of rotatable bonds is 61. The summed E-state index contributed by atoms with van der Waals surface area (Å²) in [7, 11) is 1.44. The fourth-order valence-electron chi connectivity index (χ4n) is 8.82. The molecule has 2 unspecified atom stereocenters. The van der Waals surface area contributed by atoms with Gasteiger partial charge in [-0.15, -0.1) is 0 Å². The number of phosphoric ester groups is 1. The van der Waals surface area contributed by atoms with Gasteiger partial charge in [-0.05, 0) is 128 Å². The Bertz CT molecular complexity index is 2010. The van der Waals surface area contributed by atoms with E-state index in [9.17, 15) is 19.0 Å². The molecular formula is C76H127NO8P+. The molecule has 0 aliphatic carbocycles. The Labute approximate surface area is 528 Å². The van der Waals surface area contributed by atoms with Crippen molar-refractivity contribution in [3.8, 4) is 0 Å². The van der Waals surface area contributed by atoms with E-state index in [-0.39, 0.29) is 32.0 Å². The van der Waals surface area contributed by atoms with Crippen molar-refractivity contribution in [1.29, 1.82) is 0 Å². The van der Waals surface area contributed by atoms with E-state index in [1.54, 1.807) is 0 Å². The minimum Gasteiger partial charge on any atom is -0.462 e. The van der Waals surface area contributed by atoms with Crippen LogP contribution in [-0.2, 0) is 32.7 Å². The maximum atomic E-state index is 12.9. The normalized spacial score (nSPS) is 14.2. The van der Waals surface area contributed by atoms with Crippen LogP contribution < -0.4 is 0 Å². The Morgan fingerprint density at radius 1 is 0.372 bits per heavy atom. The van der Waals surface area contributed by atoms with Crippen molar-refractivity contribution >= 4 is 19.8 Å². The number of carbonyl (C=O) groups is 2. The minimum absolute atomic E-state index is 0.0167. The number of phosphoric acid groups is 1. The minimum atomic E-state index is -4.41. The van der Waals surface area contributed by atoms with Gasteiger partial charge in [0.2, 0.25) is 0 Å². The molecule has 0 radical (unpaired) electrons.